The maximum Gasteiger partial charge on any atom is 0.324 e. The second-order valence-electron chi connectivity index (χ2n) is 9.13. The number of nitrogens with one attached hydrogen (secondary N) is 2. The summed E-state index contributed by atoms with van der Waals surface area (Å²) in [6.07, 6.45) is -0.477. The summed E-state index contributed by atoms with van der Waals surface area (Å²) in [5.41, 5.74) is 4.07. The van der Waals surface area contributed by atoms with Crippen LogP contribution in [-0.2, 0) is 16.1 Å². The van der Waals surface area contributed by atoms with Gasteiger partial charge in [0.1, 0.15) is 6.04 Å². The van der Waals surface area contributed by atoms with Gasteiger partial charge in [0.2, 0.25) is 5.91 Å². The number of nitrogens with zero attached hydrogens (tertiary/aromatic N) is 2. The van der Waals surface area contributed by atoms with Crippen molar-refractivity contribution in [2.24, 2.45) is 5.41 Å². The number of benzene rings is 1. The van der Waals surface area contributed by atoms with Gasteiger partial charge in [-0.15, -0.1) is 11.3 Å². The van der Waals surface area contributed by atoms with Gasteiger partial charge in [-0.2, -0.15) is 0 Å². The molecule has 0 aliphatic rings. The molecule has 3 N–H and O–H groups in total. The van der Waals surface area contributed by atoms with Crippen molar-refractivity contribution in [1.29, 1.82) is 0 Å². The highest BCUT2D eigenvalue weighted by atomic mass is 32.1. The van der Waals surface area contributed by atoms with E-state index in [0.29, 0.717) is 6.42 Å². The second-order valence-corrected chi connectivity index (χ2v) is 9.99. The highest BCUT2D eigenvalue weighted by Gasteiger charge is 2.38. The predicted molar refractivity (Wildman–Crippen MR) is 130 cm³/mol. The summed E-state index contributed by atoms with van der Waals surface area (Å²) >= 11 is 1.57. The topological polar surface area (TPSA) is 112 Å². The van der Waals surface area contributed by atoms with Crippen LogP contribution in [0.3, 0.4) is 0 Å². The Kier molecular flexibility index (Phi) is 9.13. The van der Waals surface area contributed by atoms with Crippen molar-refractivity contribution in [2.75, 3.05) is 6.54 Å². The van der Waals surface area contributed by atoms with Gasteiger partial charge in [0.25, 0.3) is 5.91 Å². The highest BCUT2D eigenvalue weighted by molar-refractivity contribution is 7.13. The van der Waals surface area contributed by atoms with Gasteiger partial charge in [-0.3, -0.25) is 14.5 Å². The molecule has 0 radical (unpaired) electrons. The molecule has 0 spiro atoms. The van der Waals surface area contributed by atoms with E-state index >= 15 is 0 Å². The summed E-state index contributed by atoms with van der Waals surface area (Å²) < 4.78 is 0. The van der Waals surface area contributed by atoms with Crippen molar-refractivity contribution in [3.63, 3.8) is 0 Å². The summed E-state index contributed by atoms with van der Waals surface area (Å²) in [6, 6.07) is 6.24. The van der Waals surface area contributed by atoms with Crippen LogP contribution in [0.2, 0.25) is 0 Å². The molecule has 1 heterocycles. The number of imide groups is 1. The third-order valence-corrected chi connectivity index (χ3v) is 6.22. The van der Waals surface area contributed by atoms with E-state index in [4.69, 9.17) is 0 Å². The first kappa shape index (κ1) is 26.5. The van der Waals surface area contributed by atoms with Crippen molar-refractivity contribution in [2.45, 2.75) is 66.7 Å². The molecule has 8 nitrogen and oxygen atoms in total. The first-order valence-corrected chi connectivity index (χ1v) is 11.9. The number of rotatable bonds is 8. The molecule has 2 aromatic rings. The van der Waals surface area contributed by atoms with Crippen LogP contribution in [0.25, 0.3) is 10.4 Å². The van der Waals surface area contributed by atoms with E-state index in [9.17, 15) is 19.5 Å². The summed E-state index contributed by atoms with van der Waals surface area (Å²) in [6.45, 7) is 10.5. The van der Waals surface area contributed by atoms with E-state index in [1.807, 2.05) is 52.0 Å². The molecule has 0 aliphatic heterocycles. The van der Waals surface area contributed by atoms with Crippen LogP contribution in [0, 0.1) is 12.3 Å². The van der Waals surface area contributed by atoms with Crippen molar-refractivity contribution < 1.29 is 19.5 Å². The Hall–Kier alpha value is -2.78. The molecule has 0 aliphatic carbocycles. The summed E-state index contributed by atoms with van der Waals surface area (Å²) in [5, 5.41) is 15.6. The lowest BCUT2D eigenvalue weighted by molar-refractivity contribution is -0.137. The molecule has 2 atom stereocenters. The number of hydrogen-bond acceptors (Lipinski definition) is 6. The van der Waals surface area contributed by atoms with Crippen LogP contribution in [0.5, 0.6) is 0 Å². The lowest BCUT2D eigenvalue weighted by Gasteiger charge is -2.34. The second kappa shape index (κ2) is 11.4. The average molecular weight is 475 g/mol. The zero-order chi connectivity index (χ0) is 24.8. The van der Waals surface area contributed by atoms with Gasteiger partial charge in [-0.1, -0.05) is 52.0 Å². The van der Waals surface area contributed by atoms with E-state index in [0.717, 1.165) is 26.6 Å². The Morgan fingerprint density at radius 2 is 1.82 bits per heavy atom. The largest absolute Gasteiger partial charge is 0.391 e. The lowest BCUT2D eigenvalue weighted by Crippen LogP contribution is -2.58. The van der Waals surface area contributed by atoms with Crippen LogP contribution >= 0.6 is 11.3 Å². The minimum Gasteiger partial charge on any atom is -0.391 e. The molecular weight excluding hydrogens is 440 g/mol. The minimum atomic E-state index is -0.910. The van der Waals surface area contributed by atoms with E-state index in [2.05, 4.69) is 15.6 Å². The highest BCUT2D eigenvalue weighted by Crippen LogP contribution is 2.27. The minimum absolute atomic E-state index is 0.156. The van der Waals surface area contributed by atoms with Crippen molar-refractivity contribution in [3.05, 3.63) is 41.0 Å². The van der Waals surface area contributed by atoms with E-state index in [-0.39, 0.29) is 19.0 Å². The number of carbonyl (C=O) groups excluding carboxylic acids is 3. The molecule has 0 bridgehead atoms. The summed E-state index contributed by atoms with van der Waals surface area (Å²) in [5.74, 6) is -0.922. The van der Waals surface area contributed by atoms with Gasteiger partial charge in [0.15, 0.2) is 0 Å². The fourth-order valence-electron chi connectivity index (χ4n) is 3.25. The van der Waals surface area contributed by atoms with Gasteiger partial charge < -0.3 is 15.7 Å². The maximum atomic E-state index is 13.3. The maximum absolute atomic E-state index is 13.3. The Morgan fingerprint density at radius 3 is 2.30 bits per heavy atom. The monoisotopic (exact) mass is 474 g/mol. The van der Waals surface area contributed by atoms with Crippen LogP contribution < -0.4 is 10.6 Å². The van der Waals surface area contributed by atoms with E-state index in [1.165, 1.54) is 6.92 Å². The van der Waals surface area contributed by atoms with Crippen molar-refractivity contribution >= 4 is 29.2 Å². The van der Waals surface area contributed by atoms with Crippen molar-refractivity contribution in [1.82, 2.24) is 20.5 Å². The zero-order valence-corrected chi connectivity index (χ0v) is 21.0. The predicted octanol–water partition coefficient (Wildman–Crippen LogP) is 3.48. The van der Waals surface area contributed by atoms with Gasteiger partial charge >= 0.3 is 6.03 Å². The number of urea groups is 1. The third kappa shape index (κ3) is 7.36. The lowest BCUT2D eigenvalue weighted by atomic mass is 9.85. The van der Waals surface area contributed by atoms with E-state index < -0.39 is 29.5 Å². The molecule has 0 saturated heterocycles. The molecule has 0 fully saturated rings. The Morgan fingerprint density at radius 1 is 1.18 bits per heavy atom. The van der Waals surface area contributed by atoms with Crippen LogP contribution in [0.4, 0.5) is 4.79 Å². The number of aryl methyl sites for hydroxylation is 1. The average Bonchev–Trinajstić information content (AvgIpc) is 3.18. The zero-order valence-electron chi connectivity index (χ0n) is 20.1. The summed E-state index contributed by atoms with van der Waals surface area (Å²) in [7, 11) is 0. The normalized spacial score (nSPS) is 13.2. The van der Waals surface area contributed by atoms with Crippen LogP contribution in [0.15, 0.2) is 29.8 Å². The van der Waals surface area contributed by atoms with E-state index in [1.54, 1.807) is 23.8 Å². The molecular formula is C24H34N4O4S. The molecule has 4 amide bonds. The standard InChI is InChI=1S/C24H34N4O4S/c1-7-19(30)13-28(22(31)21(24(4,5)6)27-16(3)29)23(32)25-12-17-8-10-18(11-9-17)20-15(2)26-14-33-20/h8-11,14,19,21,30H,7,12-13H2,1-6H3,(H,25,32)(H,27,29)/t19-,21?/m1/s1. The third-order valence-electron chi connectivity index (χ3n) is 5.24. The number of aliphatic hydroxyl groups is 1. The number of thiazole rings is 1. The molecule has 9 heteroatoms. The Labute approximate surface area is 199 Å². The Bertz CT molecular complexity index is 966. The molecule has 1 aromatic heterocycles. The van der Waals surface area contributed by atoms with Gasteiger partial charge in [0.05, 0.1) is 28.7 Å². The van der Waals surface area contributed by atoms with Gasteiger partial charge in [-0.05, 0) is 29.9 Å². The number of hydrogen-bond donors (Lipinski definition) is 3. The molecule has 2 rings (SSSR count). The first-order chi connectivity index (χ1) is 15.4. The van der Waals surface area contributed by atoms with Crippen LogP contribution in [0.1, 0.15) is 52.3 Å². The Balaban J connectivity index is 2.15. The SMILES string of the molecule is CC[C@@H](O)CN(C(=O)NCc1ccc(-c2scnc2C)cc1)C(=O)C(NC(C)=O)C(C)(C)C. The fraction of sp³-hybridized carbons (Fsp3) is 0.500. The smallest absolute Gasteiger partial charge is 0.324 e. The molecule has 1 aromatic carbocycles. The van der Waals surface area contributed by atoms with Gasteiger partial charge in [-0.25, -0.2) is 9.78 Å². The quantitative estimate of drug-likeness (QED) is 0.542. The molecule has 0 saturated carbocycles. The molecule has 33 heavy (non-hydrogen) atoms. The fourth-order valence-corrected chi connectivity index (χ4v) is 4.06. The number of aliphatic hydroxyl groups excluding tert-OH is 1. The van der Waals surface area contributed by atoms with Crippen molar-refractivity contribution in [3.8, 4) is 10.4 Å². The number of carbonyl (C=O) groups is 3. The number of amides is 4. The number of aromatic nitrogens is 1. The molecule has 180 valence electrons. The molecule has 1 unspecified atom stereocenters. The van der Waals surface area contributed by atoms with Gasteiger partial charge in [0, 0.05) is 13.5 Å². The first-order valence-electron chi connectivity index (χ1n) is 11.0. The summed E-state index contributed by atoms with van der Waals surface area (Å²) in [4.78, 5) is 44.3. The van der Waals surface area contributed by atoms with Crippen LogP contribution in [-0.4, -0.2) is 51.5 Å².